The molecule has 0 atom stereocenters. The molecule has 2 heterocycles. The summed E-state index contributed by atoms with van der Waals surface area (Å²) >= 11 is 1.87. The Kier molecular flexibility index (Phi) is 7.51. The van der Waals surface area contributed by atoms with Crippen molar-refractivity contribution < 1.29 is 0 Å². The van der Waals surface area contributed by atoms with E-state index in [-0.39, 0.29) is 0 Å². The predicted molar refractivity (Wildman–Crippen MR) is 270 cm³/mol. The third-order valence-electron chi connectivity index (χ3n) is 14.0. The molecule has 10 aromatic carbocycles. The first kappa shape index (κ1) is 35.6. The number of nitrogens with zero attached hydrogens (tertiary/aromatic N) is 2. The van der Waals surface area contributed by atoms with E-state index >= 15 is 0 Å². The van der Waals surface area contributed by atoms with Crippen LogP contribution in [-0.2, 0) is 5.41 Å². The maximum absolute atomic E-state index is 2.57. The lowest BCUT2D eigenvalue weighted by Gasteiger charge is -2.36. The fourth-order valence-corrected chi connectivity index (χ4v) is 12.7. The van der Waals surface area contributed by atoms with Crippen LogP contribution in [-0.4, -0.2) is 4.57 Å². The van der Waals surface area contributed by atoms with Gasteiger partial charge in [0.2, 0.25) is 0 Å². The Balaban J connectivity index is 1.08. The third-order valence-corrected chi connectivity index (χ3v) is 15.1. The van der Waals surface area contributed by atoms with Crippen LogP contribution in [0.1, 0.15) is 22.3 Å². The summed E-state index contributed by atoms with van der Waals surface area (Å²) in [6.45, 7) is 0. The van der Waals surface area contributed by atoms with Crippen molar-refractivity contribution in [2.24, 2.45) is 0 Å². The van der Waals surface area contributed by atoms with Crippen molar-refractivity contribution >= 4 is 70.4 Å². The van der Waals surface area contributed by atoms with E-state index in [0.29, 0.717) is 0 Å². The molecule has 0 saturated carbocycles. The van der Waals surface area contributed by atoms with Gasteiger partial charge >= 0.3 is 0 Å². The maximum Gasteiger partial charge on any atom is 0.0746 e. The zero-order valence-corrected chi connectivity index (χ0v) is 35.6. The van der Waals surface area contributed by atoms with Crippen LogP contribution < -0.4 is 4.90 Å². The predicted octanol–water partition coefficient (Wildman–Crippen LogP) is 16.6. The van der Waals surface area contributed by atoms with Crippen LogP contribution in [0.15, 0.2) is 231 Å². The molecule has 0 bridgehead atoms. The Labute approximate surface area is 375 Å². The van der Waals surface area contributed by atoms with Crippen molar-refractivity contribution in [2.75, 3.05) is 4.90 Å². The topological polar surface area (TPSA) is 8.17 Å². The van der Waals surface area contributed by atoms with Crippen molar-refractivity contribution in [1.82, 2.24) is 4.57 Å². The van der Waals surface area contributed by atoms with Gasteiger partial charge in [-0.3, -0.25) is 0 Å². The molecule has 12 aromatic rings. The van der Waals surface area contributed by atoms with Crippen LogP contribution in [0.4, 0.5) is 17.1 Å². The highest BCUT2D eigenvalue weighted by Gasteiger charge is 2.53. The largest absolute Gasteiger partial charge is 0.309 e. The normalized spacial score (nSPS) is 13.1. The summed E-state index contributed by atoms with van der Waals surface area (Å²) < 4.78 is 5.06. The highest BCUT2D eigenvalue weighted by atomic mass is 32.1. The smallest absolute Gasteiger partial charge is 0.0746 e. The molecule has 3 heteroatoms. The van der Waals surface area contributed by atoms with E-state index < -0.39 is 5.41 Å². The number of benzene rings is 10. The van der Waals surface area contributed by atoms with Crippen LogP contribution in [0, 0.1) is 0 Å². The molecule has 64 heavy (non-hydrogen) atoms. The monoisotopic (exact) mass is 830 g/mol. The van der Waals surface area contributed by atoms with Crippen molar-refractivity contribution in [3.8, 4) is 39.1 Å². The van der Waals surface area contributed by atoms with Gasteiger partial charge in [-0.25, -0.2) is 0 Å². The average molecular weight is 831 g/mol. The lowest BCUT2D eigenvalue weighted by molar-refractivity contribution is 0.793. The second-order valence-electron chi connectivity index (χ2n) is 17.1. The second-order valence-corrected chi connectivity index (χ2v) is 18.2. The molecule has 0 saturated heterocycles. The van der Waals surface area contributed by atoms with E-state index in [0.717, 1.165) is 17.1 Å². The van der Waals surface area contributed by atoms with Crippen LogP contribution in [0.2, 0.25) is 0 Å². The minimum atomic E-state index is -0.532. The highest BCUT2D eigenvalue weighted by molar-refractivity contribution is 7.25. The van der Waals surface area contributed by atoms with E-state index in [4.69, 9.17) is 0 Å². The lowest BCUT2D eigenvalue weighted by atomic mass is 9.70. The number of hydrogen-bond acceptors (Lipinski definition) is 2. The summed E-state index contributed by atoms with van der Waals surface area (Å²) in [5.41, 5.74) is 19.3. The van der Waals surface area contributed by atoms with Gasteiger partial charge in [0.25, 0.3) is 0 Å². The molecule has 0 unspecified atom stereocenters. The van der Waals surface area contributed by atoms with Gasteiger partial charge in [-0.2, -0.15) is 0 Å². The van der Waals surface area contributed by atoms with Crippen LogP contribution in [0.5, 0.6) is 0 Å². The molecule has 0 fully saturated rings. The van der Waals surface area contributed by atoms with Crippen LogP contribution in [0.3, 0.4) is 0 Å². The lowest BCUT2D eigenvalue weighted by Crippen LogP contribution is -2.28. The van der Waals surface area contributed by atoms with E-state index in [1.807, 2.05) is 11.3 Å². The van der Waals surface area contributed by atoms with E-state index in [1.165, 1.54) is 103 Å². The van der Waals surface area contributed by atoms with Gasteiger partial charge in [-0.15, -0.1) is 11.3 Å². The summed E-state index contributed by atoms with van der Waals surface area (Å²) in [6.07, 6.45) is 0. The second kappa shape index (κ2) is 13.5. The highest BCUT2D eigenvalue weighted by Crippen LogP contribution is 2.65. The maximum atomic E-state index is 2.57. The van der Waals surface area contributed by atoms with Crippen molar-refractivity contribution in [2.45, 2.75) is 5.41 Å². The Bertz CT molecular complexity index is 3790. The Morgan fingerprint density at radius 1 is 0.359 bits per heavy atom. The summed E-state index contributed by atoms with van der Waals surface area (Å²) in [5.74, 6) is 0. The van der Waals surface area contributed by atoms with Gasteiger partial charge < -0.3 is 9.47 Å². The SMILES string of the molecule is c1ccc(-n2c3ccccc3c3c(N(c4ccc(-c5cccc6sc7ccccc7c56)cc4)c4cccc5c4C4(c6ccccc6-c6ccccc64)c4ccccc4-5)cccc32)cc1. The standard InChI is InChI=1S/C61H38N2S/c1-2-17-40(18-3-1)62-52-29-12-7-22-47(52)59-53(62)30-16-31-54(59)63(41-37-35-39(36-38-41)42-24-15-34-57-58(42)48-23-8-13-33-56(48)64-57)55-32-14-25-46-45-21-6-11-28-51(45)61(60(46)55)49-26-9-4-19-43(49)44-20-5-10-27-50(44)61/h1-38H. The molecular weight excluding hydrogens is 793 g/mol. The van der Waals surface area contributed by atoms with Crippen molar-refractivity contribution in [3.05, 3.63) is 253 Å². The minimum Gasteiger partial charge on any atom is -0.309 e. The Hall–Kier alpha value is -7.98. The molecule has 2 nitrogen and oxygen atoms in total. The quantitative estimate of drug-likeness (QED) is 0.168. The third kappa shape index (κ3) is 4.74. The molecule has 0 N–H and O–H groups in total. The van der Waals surface area contributed by atoms with Crippen molar-refractivity contribution in [3.63, 3.8) is 0 Å². The van der Waals surface area contributed by atoms with Gasteiger partial charge in [0.1, 0.15) is 0 Å². The van der Waals surface area contributed by atoms with Crippen LogP contribution >= 0.6 is 11.3 Å². The summed E-state index contributed by atoms with van der Waals surface area (Å²) in [6, 6.07) is 85.8. The number of thiophene rings is 1. The molecule has 14 rings (SSSR count). The Morgan fingerprint density at radius 2 is 0.891 bits per heavy atom. The first-order valence-electron chi connectivity index (χ1n) is 22.1. The van der Waals surface area contributed by atoms with E-state index in [1.54, 1.807) is 0 Å². The summed E-state index contributed by atoms with van der Waals surface area (Å²) in [5, 5.41) is 5.07. The van der Waals surface area contributed by atoms with E-state index in [2.05, 4.69) is 240 Å². The number of rotatable bonds is 5. The molecule has 2 aliphatic carbocycles. The number of fused-ring (bicyclic) bond motifs is 16. The van der Waals surface area contributed by atoms with Gasteiger partial charge in [0.15, 0.2) is 0 Å². The van der Waals surface area contributed by atoms with Crippen LogP contribution in [0.25, 0.3) is 81.0 Å². The molecule has 0 aliphatic heterocycles. The molecule has 1 spiro atoms. The molecule has 0 amide bonds. The first-order chi connectivity index (χ1) is 31.8. The molecular formula is C61H38N2S. The minimum absolute atomic E-state index is 0.532. The van der Waals surface area contributed by atoms with E-state index in [9.17, 15) is 0 Å². The van der Waals surface area contributed by atoms with Crippen molar-refractivity contribution in [1.29, 1.82) is 0 Å². The Morgan fingerprint density at radius 3 is 1.64 bits per heavy atom. The summed E-state index contributed by atoms with van der Waals surface area (Å²) in [4.78, 5) is 2.57. The number of para-hydroxylation sites is 2. The molecule has 298 valence electrons. The zero-order chi connectivity index (χ0) is 41.9. The van der Waals surface area contributed by atoms with Gasteiger partial charge in [-0.05, 0) is 111 Å². The zero-order valence-electron chi connectivity index (χ0n) is 34.7. The molecule has 2 aliphatic rings. The molecule has 2 aromatic heterocycles. The number of aromatic nitrogens is 1. The van der Waals surface area contributed by atoms with Gasteiger partial charge in [0, 0.05) is 47.9 Å². The van der Waals surface area contributed by atoms with Gasteiger partial charge in [-0.1, -0.05) is 170 Å². The fraction of sp³-hybridized carbons (Fsp3) is 0.0164. The average Bonchev–Trinajstić information content (AvgIpc) is 4.09. The number of anilines is 3. The number of hydrogen-bond donors (Lipinski definition) is 0. The first-order valence-corrected chi connectivity index (χ1v) is 22.9. The molecule has 0 radical (unpaired) electrons. The fourth-order valence-electron chi connectivity index (χ4n) is 11.6. The summed E-state index contributed by atoms with van der Waals surface area (Å²) in [7, 11) is 0. The van der Waals surface area contributed by atoms with Gasteiger partial charge in [0.05, 0.1) is 27.8 Å².